The monoisotopic (exact) mass is 265 g/mol. The molecule has 0 aromatic heterocycles. The van der Waals surface area contributed by atoms with Crippen LogP contribution in [-0.4, -0.2) is 6.61 Å². The first-order valence-electron chi connectivity index (χ1n) is 7.37. The zero-order valence-corrected chi connectivity index (χ0v) is 11.7. The highest BCUT2D eigenvalue weighted by Crippen LogP contribution is 2.50. The van der Waals surface area contributed by atoms with Crippen LogP contribution in [0, 0.1) is 12.8 Å². The van der Waals surface area contributed by atoms with Crippen LogP contribution >= 0.6 is 0 Å². The molecule has 3 atom stereocenters. The first-order chi connectivity index (χ1) is 9.84. The van der Waals surface area contributed by atoms with Crippen molar-refractivity contribution >= 4 is 5.69 Å². The predicted octanol–water partition coefficient (Wildman–Crippen LogP) is 4.24. The largest absolute Gasteiger partial charge is 0.377 e. The van der Waals surface area contributed by atoms with E-state index < -0.39 is 0 Å². The van der Waals surface area contributed by atoms with Gasteiger partial charge >= 0.3 is 0 Å². The van der Waals surface area contributed by atoms with Crippen molar-refractivity contribution in [2.75, 3.05) is 11.9 Å². The predicted molar refractivity (Wildman–Crippen MR) is 80.8 cm³/mol. The topological polar surface area (TPSA) is 21.3 Å². The van der Waals surface area contributed by atoms with E-state index in [-0.39, 0.29) is 6.10 Å². The Hall–Kier alpha value is -1.80. The molecule has 2 heterocycles. The quantitative estimate of drug-likeness (QED) is 0.832. The summed E-state index contributed by atoms with van der Waals surface area (Å²) >= 11 is 0. The number of aryl methyl sites for hydroxylation is 1. The van der Waals surface area contributed by atoms with Crippen LogP contribution < -0.4 is 5.32 Å². The number of anilines is 1. The van der Waals surface area contributed by atoms with Crippen LogP contribution in [-0.2, 0) is 4.74 Å². The lowest BCUT2D eigenvalue weighted by atomic mass is 9.80. The Balaban J connectivity index is 1.82. The molecule has 2 aliphatic heterocycles. The lowest BCUT2D eigenvalue weighted by Crippen LogP contribution is -2.29. The van der Waals surface area contributed by atoms with Crippen LogP contribution in [0.5, 0.6) is 0 Å². The van der Waals surface area contributed by atoms with Crippen molar-refractivity contribution in [2.45, 2.75) is 25.5 Å². The molecule has 20 heavy (non-hydrogen) atoms. The average Bonchev–Trinajstić information content (AvgIpc) is 2.97. The molecule has 0 aliphatic carbocycles. The molecule has 0 radical (unpaired) electrons. The molecule has 0 amide bonds. The molecule has 2 nitrogen and oxygen atoms in total. The third-order valence-electron chi connectivity index (χ3n) is 4.64. The van der Waals surface area contributed by atoms with Crippen molar-refractivity contribution in [2.24, 2.45) is 5.92 Å². The maximum atomic E-state index is 6.05. The summed E-state index contributed by atoms with van der Waals surface area (Å²) in [4.78, 5) is 0. The zero-order valence-electron chi connectivity index (χ0n) is 11.7. The highest BCUT2D eigenvalue weighted by atomic mass is 16.5. The second kappa shape index (κ2) is 4.64. The van der Waals surface area contributed by atoms with Gasteiger partial charge in [-0.05, 0) is 24.5 Å². The van der Waals surface area contributed by atoms with E-state index in [1.165, 1.54) is 22.4 Å². The van der Waals surface area contributed by atoms with Gasteiger partial charge in [-0.25, -0.2) is 0 Å². The van der Waals surface area contributed by atoms with Crippen molar-refractivity contribution in [3.63, 3.8) is 0 Å². The molecule has 2 aromatic rings. The molecule has 0 spiro atoms. The third kappa shape index (κ3) is 1.75. The number of hydrogen-bond acceptors (Lipinski definition) is 2. The van der Waals surface area contributed by atoms with E-state index in [4.69, 9.17) is 4.74 Å². The van der Waals surface area contributed by atoms with Gasteiger partial charge in [0.1, 0.15) is 0 Å². The number of para-hydroxylation sites is 1. The van der Waals surface area contributed by atoms with Crippen molar-refractivity contribution < 1.29 is 4.74 Å². The first kappa shape index (κ1) is 12.0. The summed E-state index contributed by atoms with van der Waals surface area (Å²) in [5.41, 5.74) is 5.27. The zero-order chi connectivity index (χ0) is 13.5. The van der Waals surface area contributed by atoms with Gasteiger partial charge in [0, 0.05) is 23.8 Å². The fraction of sp³-hybridized carbons (Fsp3) is 0.333. The lowest BCUT2D eigenvalue weighted by molar-refractivity contribution is 0.0828. The molecule has 2 aromatic carbocycles. The van der Waals surface area contributed by atoms with Crippen molar-refractivity contribution in [1.29, 1.82) is 0 Å². The molecule has 1 fully saturated rings. The SMILES string of the molecule is Cc1cccc2c1N[C@H](c1ccccc1)[C@H]1CCO[C@@H]21. The van der Waals surface area contributed by atoms with Crippen LogP contribution in [0.15, 0.2) is 48.5 Å². The Kier molecular flexibility index (Phi) is 2.78. The minimum absolute atomic E-state index is 0.247. The van der Waals surface area contributed by atoms with Gasteiger partial charge in [0.05, 0.1) is 12.1 Å². The Bertz CT molecular complexity index is 623. The number of ether oxygens (including phenoxy) is 1. The summed E-state index contributed by atoms with van der Waals surface area (Å²) in [6.07, 6.45) is 1.38. The smallest absolute Gasteiger partial charge is 0.0896 e. The maximum Gasteiger partial charge on any atom is 0.0896 e. The molecule has 1 N–H and O–H groups in total. The van der Waals surface area contributed by atoms with Crippen LogP contribution in [0.3, 0.4) is 0 Å². The van der Waals surface area contributed by atoms with E-state index in [0.29, 0.717) is 12.0 Å². The van der Waals surface area contributed by atoms with Gasteiger partial charge in [-0.15, -0.1) is 0 Å². The average molecular weight is 265 g/mol. The third-order valence-corrected chi connectivity index (χ3v) is 4.64. The lowest BCUT2D eigenvalue weighted by Gasteiger charge is -2.37. The molecule has 0 unspecified atom stereocenters. The van der Waals surface area contributed by atoms with E-state index in [1.807, 2.05) is 0 Å². The van der Waals surface area contributed by atoms with Gasteiger partial charge in [0.15, 0.2) is 0 Å². The molecular formula is C18H19NO. The van der Waals surface area contributed by atoms with E-state index in [2.05, 4.69) is 60.8 Å². The van der Waals surface area contributed by atoms with Gasteiger partial charge in [-0.2, -0.15) is 0 Å². The van der Waals surface area contributed by atoms with Gasteiger partial charge in [0.25, 0.3) is 0 Å². The number of hydrogen-bond donors (Lipinski definition) is 1. The first-order valence-corrected chi connectivity index (χ1v) is 7.37. The summed E-state index contributed by atoms with van der Waals surface area (Å²) in [7, 11) is 0. The summed E-state index contributed by atoms with van der Waals surface area (Å²) in [5.74, 6) is 0.534. The molecule has 102 valence electrons. The second-order valence-corrected chi connectivity index (χ2v) is 5.82. The molecule has 2 aliphatic rings. The Labute approximate surface area is 119 Å². The van der Waals surface area contributed by atoms with Gasteiger partial charge < -0.3 is 10.1 Å². The van der Waals surface area contributed by atoms with Crippen LogP contribution in [0.2, 0.25) is 0 Å². The summed E-state index contributed by atoms with van der Waals surface area (Å²) in [6.45, 7) is 3.04. The fourth-order valence-corrected chi connectivity index (χ4v) is 3.65. The minimum Gasteiger partial charge on any atom is -0.377 e. The van der Waals surface area contributed by atoms with E-state index in [1.54, 1.807) is 0 Å². The highest BCUT2D eigenvalue weighted by Gasteiger charge is 2.41. The summed E-state index contributed by atoms with van der Waals surface area (Å²) in [5, 5.41) is 3.77. The Morgan fingerprint density at radius 1 is 1.05 bits per heavy atom. The number of nitrogens with one attached hydrogen (secondary N) is 1. The van der Waals surface area contributed by atoms with Gasteiger partial charge in [-0.3, -0.25) is 0 Å². The summed E-state index contributed by atoms with van der Waals surface area (Å²) in [6, 6.07) is 17.6. The summed E-state index contributed by atoms with van der Waals surface area (Å²) < 4.78 is 6.05. The number of rotatable bonds is 1. The van der Waals surface area contributed by atoms with Crippen LogP contribution in [0.4, 0.5) is 5.69 Å². The highest BCUT2D eigenvalue weighted by molar-refractivity contribution is 5.62. The van der Waals surface area contributed by atoms with Gasteiger partial charge in [0.2, 0.25) is 0 Å². The van der Waals surface area contributed by atoms with Crippen LogP contribution in [0.25, 0.3) is 0 Å². The van der Waals surface area contributed by atoms with Gasteiger partial charge in [-0.1, -0.05) is 48.5 Å². The normalized spacial score (nSPS) is 27.6. The van der Waals surface area contributed by atoms with Crippen molar-refractivity contribution in [3.8, 4) is 0 Å². The molecular weight excluding hydrogens is 246 g/mol. The Morgan fingerprint density at radius 2 is 1.90 bits per heavy atom. The molecule has 2 heteroatoms. The molecule has 1 saturated heterocycles. The minimum atomic E-state index is 0.247. The number of benzene rings is 2. The second-order valence-electron chi connectivity index (χ2n) is 5.82. The van der Waals surface area contributed by atoms with E-state index >= 15 is 0 Å². The standard InChI is InChI=1S/C18H19NO/c1-12-6-5-9-14-16(12)19-17(13-7-3-2-4-8-13)15-10-11-20-18(14)15/h2-9,15,17-19H,10-11H2,1H3/t15-,17-,18+/m1/s1. The fourth-order valence-electron chi connectivity index (χ4n) is 3.65. The molecule has 4 rings (SSSR count). The van der Waals surface area contributed by atoms with E-state index in [0.717, 1.165) is 13.0 Å². The molecule has 0 bridgehead atoms. The van der Waals surface area contributed by atoms with Crippen molar-refractivity contribution in [1.82, 2.24) is 0 Å². The molecule has 0 saturated carbocycles. The number of fused-ring (bicyclic) bond motifs is 3. The van der Waals surface area contributed by atoms with E-state index in [9.17, 15) is 0 Å². The maximum absolute atomic E-state index is 6.05. The van der Waals surface area contributed by atoms with Crippen molar-refractivity contribution in [3.05, 3.63) is 65.2 Å². The van der Waals surface area contributed by atoms with Crippen LogP contribution in [0.1, 0.15) is 35.3 Å². The Morgan fingerprint density at radius 3 is 2.75 bits per heavy atom.